The van der Waals surface area contributed by atoms with E-state index < -0.39 is 37.4 Å². The lowest BCUT2D eigenvalue weighted by molar-refractivity contribution is -0.153. The molecule has 0 saturated heterocycles. The number of anilines is 1. The van der Waals surface area contributed by atoms with E-state index in [-0.39, 0.29) is 29.7 Å². The maximum atomic E-state index is 12.9. The summed E-state index contributed by atoms with van der Waals surface area (Å²) in [5.74, 6) is -2.10. The highest BCUT2D eigenvalue weighted by Gasteiger charge is 2.26. The van der Waals surface area contributed by atoms with E-state index in [4.69, 9.17) is 9.47 Å². The van der Waals surface area contributed by atoms with Gasteiger partial charge in [0.2, 0.25) is 5.91 Å². The molecule has 33 heavy (non-hydrogen) atoms. The minimum absolute atomic E-state index is 0.0493. The molecular weight excluding hydrogens is 623 g/mol. The smallest absolute Gasteiger partial charge is 0.326 e. The third kappa shape index (κ3) is 11.5. The lowest BCUT2D eigenvalue weighted by Gasteiger charge is -2.26. The van der Waals surface area contributed by atoms with Crippen LogP contribution in [0.2, 0.25) is 25.7 Å². The molecule has 0 radical (unpaired) electrons. The van der Waals surface area contributed by atoms with E-state index in [1.165, 1.54) is 4.90 Å². The average molecular weight is 655 g/mol. The monoisotopic (exact) mass is 654 g/mol. The summed E-state index contributed by atoms with van der Waals surface area (Å²) in [5, 5.41) is 2.50. The van der Waals surface area contributed by atoms with Gasteiger partial charge in [0.15, 0.2) is 0 Å². The molecule has 0 heterocycles. The predicted molar refractivity (Wildman–Crippen MR) is 143 cm³/mol. The molecule has 1 N–H and O–H groups in total. The second-order valence-corrected chi connectivity index (χ2v) is 17.0. The van der Waals surface area contributed by atoms with Gasteiger partial charge in [-0.2, -0.15) is 0 Å². The fraction of sp³-hybridized carbons (Fsp3) is 0.545. The Balaban J connectivity index is 3.02. The quantitative estimate of drug-likeness (QED) is 0.177. The molecule has 0 spiro atoms. The van der Waals surface area contributed by atoms with Gasteiger partial charge in [-0.15, -0.1) is 0 Å². The Morgan fingerprint density at radius 3 is 2.30 bits per heavy atom. The van der Waals surface area contributed by atoms with Crippen LogP contribution in [0, 0.1) is 3.57 Å². The van der Waals surface area contributed by atoms with Crippen molar-refractivity contribution in [3.8, 4) is 0 Å². The maximum absolute atomic E-state index is 12.9. The lowest BCUT2D eigenvalue weighted by atomic mass is 10.1. The summed E-state index contributed by atoms with van der Waals surface area (Å²) >= 11 is 5.17. The number of carbonyl (C=O) groups is 4. The number of hydrogen-bond acceptors (Lipinski definition) is 6. The van der Waals surface area contributed by atoms with Crippen molar-refractivity contribution < 1.29 is 28.7 Å². The number of amides is 2. The van der Waals surface area contributed by atoms with Crippen LogP contribution in [0.3, 0.4) is 0 Å². The second kappa shape index (κ2) is 12.8. The van der Waals surface area contributed by atoms with Crippen LogP contribution in [0.25, 0.3) is 0 Å². The summed E-state index contributed by atoms with van der Waals surface area (Å²) in [6.07, 6.45) is 0. The van der Waals surface area contributed by atoms with E-state index in [0.29, 0.717) is 6.61 Å². The number of esters is 2. The Morgan fingerprint density at radius 1 is 1.12 bits per heavy atom. The molecule has 2 amide bonds. The minimum Gasteiger partial charge on any atom is -0.465 e. The first-order valence-electron chi connectivity index (χ1n) is 10.4. The summed E-state index contributed by atoms with van der Waals surface area (Å²) in [4.78, 5) is 51.1. The van der Waals surface area contributed by atoms with E-state index in [9.17, 15) is 19.2 Å². The fourth-order valence-electron chi connectivity index (χ4n) is 2.58. The SMILES string of the molecule is CC(C)(C)OC(=O)CN(C(=O)CBr)c1ccc(I)cc1C(=O)NCC(=O)OCC[Si](C)(C)C. The van der Waals surface area contributed by atoms with E-state index >= 15 is 0 Å². The van der Waals surface area contributed by atoms with Gasteiger partial charge in [0.25, 0.3) is 5.91 Å². The first-order valence-corrected chi connectivity index (χ1v) is 16.4. The van der Waals surface area contributed by atoms with Gasteiger partial charge in [0.05, 0.1) is 23.2 Å². The standard InChI is InChI=1S/C22H32BrIN2O6Si/c1-22(2,3)32-20(29)14-26(18(27)12-23)17-8-7-15(24)11-16(17)21(30)25-13-19(28)31-9-10-33(4,5)6/h7-8,11H,9-10,12-14H2,1-6H3,(H,25,30). The number of nitrogens with zero attached hydrogens (tertiary/aromatic N) is 1. The molecule has 0 fully saturated rings. The van der Waals surface area contributed by atoms with Gasteiger partial charge in [0.1, 0.15) is 18.7 Å². The van der Waals surface area contributed by atoms with Gasteiger partial charge in [-0.1, -0.05) is 35.6 Å². The van der Waals surface area contributed by atoms with Crippen molar-refractivity contribution >= 4 is 76.0 Å². The summed E-state index contributed by atoms with van der Waals surface area (Å²) in [7, 11) is -1.34. The highest BCUT2D eigenvalue weighted by atomic mass is 127. The van der Waals surface area contributed by atoms with E-state index in [2.05, 4.69) is 40.9 Å². The minimum atomic E-state index is -1.34. The van der Waals surface area contributed by atoms with Crippen LogP contribution in [-0.2, 0) is 23.9 Å². The molecule has 0 aliphatic heterocycles. The van der Waals surface area contributed by atoms with Crippen molar-refractivity contribution in [2.24, 2.45) is 0 Å². The van der Waals surface area contributed by atoms with Crippen molar-refractivity contribution in [3.05, 3.63) is 27.3 Å². The number of halogens is 2. The molecule has 0 bridgehead atoms. The summed E-state index contributed by atoms with van der Waals surface area (Å²) < 4.78 is 11.3. The van der Waals surface area contributed by atoms with Crippen molar-refractivity contribution in [2.45, 2.75) is 52.1 Å². The van der Waals surface area contributed by atoms with Gasteiger partial charge in [-0.05, 0) is 67.6 Å². The first-order chi connectivity index (χ1) is 15.1. The zero-order valence-corrected chi connectivity index (χ0v) is 24.7. The largest absolute Gasteiger partial charge is 0.465 e. The van der Waals surface area contributed by atoms with Gasteiger partial charge in [-0.25, -0.2) is 0 Å². The molecule has 0 atom stereocenters. The number of hydrogen-bond donors (Lipinski definition) is 1. The molecule has 1 aromatic rings. The fourth-order valence-corrected chi connectivity index (χ4v) is 4.09. The van der Waals surface area contributed by atoms with Gasteiger partial charge < -0.3 is 14.8 Å². The highest BCUT2D eigenvalue weighted by Crippen LogP contribution is 2.24. The first kappa shape index (κ1) is 29.6. The second-order valence-electron chi connectivity index (χ2n) is 9.58. The molecule has 184 valence electrons. The van der Waals surface area contributed by atoms with Crippen LogP contribution in [0.1, 0.15) is 31.1 Å². The summed E-state index contributed by atoms with van der Waals surface area (Å²) in [6, 6.07) is 5.74. The van der Waals surface area contributed by atoms with E-state index in [1.807, 2.05) is 22.6 Å². The number of alkyl halides is 1. The molecule has 8 nitrogen and oxygen atoms in total. The molecule has 0 aliphatic carbocycles. The Morgan fingerprint density at radius 2 is 1.76 bits per heavy atom. The highest BCUT2D eigenvalue weighted by molar-refractivity contribution is 14.1. The van der Waals surface area contributed by atoms with Crippen LogP contribution >= 0.6 is 38.5 Å². The Bertz CT molecular complexity index is 883. The van der Waals surface area contributed by atoms with Crippen LogP contribution in [0.4, 0.5) is 5.69 Å². The lowest BCUT2D eigenvalue weighted by Crippen LogP contribution is -2.41. The summed E-state index contributed by atoms with van der Waals surface area (Å²) in [6.45, 7) is 11.4. The number of ether oxygens (including phenoxy) is 2. The van der Waals surface area contributed by atoms with Crippen LogP contribution in [0.15, 0.2) is 18.2 Å². The molecule has 0 unspecified atom stereocenters. The molecular formula is C22H32BrIN2O6Si. The van der Waals surface area contributed by atoms with E-state index in [1.54, 1.807) is 39.0 Å². The third-order valence-electron chi connectivity index (χ3n) is 4.13. The summed E-state index contributed by atoms with van der Waals surface area (Å²) in [5.41, 5.74) is -0.313. The molecule has 1 aromatic carbocycles. The maximum Gasteiger partial charge on any atom is 0.326 e. The average Bonchev–Trinajstić information content (AvgIpc) is 2.67. The van der Waals surface area contributed by atoms with Crippen LogP contribution < -0.4 is 10.2 Å². The van der Waals surface area contributed by atoms with Gasteiger partial charge in [0, 0.05) is 11.6 Å². The molecule has 11 heteroatoms. The number of rotatable bonds is 10. The van der Waals surface area contributed by atoms with Crippen molar-refractivity contribution in [1.82, 2.24) is 5.32 Å². The number of nitrogens with one attached hydrogen (secondary N) is 1. The van der Waals surface area contributed by atoms with Crippen molar-refractivity contribution in [1.29, 1.82) is 0 Å². The molecule has 1 rings (SSSR count). The van der Waals surface area contributed by atoms with Crippen molar-refractivity contribution in [3.63, 3.8) is 0 Å². The Kier molecular flexibility index (Phi) is 11.5. The van der Waals surface area contributed by atoms with Crippen LogP contribution in [-0.4, -0.2) is 62.5 Å². The van der Waals surface area contributed by atoms with Crippen molar-refractivity contribution in [2.75, 3.05) is 29.9 Å². The molecule has 0 saturated carbocycles. The topological polar surface area (TPSA) is 102 Å². The number of benzene rings is 1. The Hall–Kier alpha value is -1.47. The zero-order valence-electron chi connectivity index (χ0n) is 19.9. The van der Waals surface area contributed by atoms with Gasteiger partial charge in [-0.3, -0.25) is 24.1 Å². The molecule has 0 aliphatic rings. The van der Waals surface area contributed by atoms with Crippen LogP contribution in [0.5, 0.6) is 0 Å². The van der Waals surface area contributed by atoms with E-state index in [0.717, 1.165) is 9.61 Å². The zero-order chi connectivity index (χ0) is 25.4. The normalized spacial score (nSPS) is 11.5. The van der Waals surface area contributed by atoms with Gasteiger partial charge >= 0.3 is 11.9 Å². The predicted octanol–water partition coefficient (Wildman–Crippen LogP) is 3.97. The third-order valence-corrected chi connectivity index (χ3v) is 6.98. The Labute approximate surface area is 218 Å². The number of carbonyl (C=O) groups excluding carboxylic acids is 4. The molecule has 0 aromatic heterocycles.